The second-order valence-corrected chi connectivity index (χ2v) is 7.41. The fraction of sp³-hybridized carbons (Fsp3) is 0.533. The number of hydrogen-bond donors (Lipinski definition) is 3. The molecule has 0 bridgehead atoms. The van der Waals surface area contributed by atoms with Gasteiger partial charge in [0.1, 0.15) is 0 Å². The van der Waals surface area contributed by atoms with Gasteiger partial charge in [-0.05, 0) is 44.5 Å². The van der Waals surface area contributed by atoms with Gasteiger partial charge in [0.15, 0.2) is 0 Å². The molecule has 0 unspecified atom stereocenters. The third-order valence-corrected chi connectivity index (χ3v) is 5.22. The van der Waals surface area contributed by atoms with E-state index in [1.165, 1.54) is 19.2 Å². The molecule has 0 aliphatic carbocycles. The van der Waals surface area contributed by atoms with E-state index >= 15 is 0 Å². The number of amides is 2. The van der Waals surface area contributed by atoms with E-state index in [0.717, 1.165) is 19.4 Å². The number of carbonyl (C=O) groups excluding carboxylic acids is 1. The topological polar surface area (TPSA) is 96.5 Å². The van der Waals surface area contributed by atoms with Crippen molar-refractivity contribution in [2.45, 2.75) is 43.4 Å². The van der Waals surface area contributed by atoms with Crippen LogP contribution in [0.2, 0.25) is 0 Å². The Labute approximate surface area is 136 Å². The van der Waals surface area contributed by atoms with E-state index in [0.29, 0.717) is 5.56 Å². The molecular weight excluding hydrogens is 318 g/mol. The number of nitrogens with one attached hydrogen (secondary N) is 3. The van der Waals surface area contributed by atoms with Crippen molar-refractivity contribution >= 4 is 16.1 Å². The van der Waals surface area contributed by atoms with Gasteiger partial charge in [0.2, 0.25) is 10.0 Å². The van der Waals surface area contributed by atoms with Gasteiger partial charge in [-0.3, -0.25) is 0 Å². The zero-order valence-corrected chi connectivity index (χ0v) is 14.2. The largest absolute Gasteiger partial charge is 0.376 e. The fourth-order valence-corrected chi connectivity index (χ4v) is 3.27. The first-order valence-electron chi connectivity index (χ1n) is 7.61. The van der Waals surface area contributed by atoms with E-state index in [9.17, 15) is 13.2 Å². The number of urea groups is 1. The highest BCUT2D eigenvalue weighted by Crippen LogP contribution is 2.15. The number of hydrogen-bond acceptors (Lipinski definition) is 4. The van der Waals surface area contributed by atoms with Gasteiger partial charge in [-0.15, -0.1) is 0 Å². The van der Waals surface area contributed by atoms with Crippen LogP contribution in [0.1, 0.15) is 25.3 Å². The lowest BCUT2D eigenvalue weighted by atomic mass is 10.1. The van der Waals surface area contributed by atoms with Crippen LogP contribution in [0.5, 0.6) is 0 Å². The van der Waals surface area contributed by atoms with E-state index < -0.39 is 10.0 Å². The second kappa shape index (κ2) is 7.76. The van der Waals surface area contributed by atoms with Crippen LogP contribution < -0.4 is 15.4 Å². The summed E-state index contributed by atoms with van der Waals surface area (Å²) in [7, 11) is -2.12. The molecule has 1 aliphatic rings. The van der Waals surface area contributed by atoms with Crippen LogP contribution in [0, 0.1) is 0 Å². The van der Waals surface area contributed by atoms with Gasteiger partial charge in [0.25, 0.3) is 0 Å². The lowest BCUT2D eigenvalue weighted by molar-refractivity contribution is 0.0860. The summed E-state index contributed by atoms with van der Waals surface area (Å²) in [5, 5.41) is 5.57. The van der Waals surface area contributed by atoms with E-state index in [4.69, 9.17) is 4.74 Å². The molecule has 0 radical (unpaired) electrons. The average molecular weight is 341 g/mol. The Morgan fingerprint density at radius 2 is 2.22 bits per heavy atom. The Kier molecular flexibility index (Phi) is 5.97. The quantitative estimate of drug-likeness (QED) is 0.718. The predicted octanol–water partition coefficient (Wildman–Crippen LogP) is 0.961. The summed E-state index contributed by atoms with van der Waals surface area (Å²) in [4.78, 5) is 12.1. The maximum Gasteiger partial charge on any atom is 0.315 e. The number of carbonyl (C=O) groups is 1. The Morgan fingerprint density at radius 1 is 1.43 bits per heavy atom. The van der Waals surface area contributed by atoms with Gasteiger partial charge in [0.05, 0.1) is 17.0 Å². The van der Waals surface area contributed by atoms with Crippen LogP contribution in [-0.4, -0.2) is 40.2 Å². The minimum absolute atomic E-state index is 0.0600. The van der Waals surface area contributed by atoms with E-state index in [1.807, 2.05) is 6.92 Å². The molecular formula is C15H23N3O4S. The molecule has 2 atom stereocenters. The minimum Gasteiger partial charge on any atom is -0.376 e. The smallest absolute Gasteiger partial charge is 0.315 e. The minimum atomic E-state index is -3.48. The van der Waals surface area contributed by atoms with Crippen molar-refractivity contribution in [3.63, 3.8) is 0 Å². The molecule has 1 heterocycles. The van der Waals surface area contributed by atoms with Crippen molar-refractivity contribution in [2.24, 2.45) is 0 Å². The molecule has 0 spiro atoms. The Hall–Kier alpha value is -1.64. The van der Waals surface area contributed by atoms with Crippen LogP contribution in [-0.2, 0) is 21.3 Å². The summed E-state index contributed by atoms with van der Waals surface area (Å²) in [6.45, 7) is 2.90. The summed E-state index contributed by atoms with van der Waals surface area (Å²) in [6.07, 6.45) is 2.03. The van der Waals surface area contributed by atoms with Crippen molar-refractivity contribution in [1.29, 1.82) is 0 Å². The Bertz CT molecular complexity index is 642. The summed E-state index contributed by atoms with van der Waals surface area (Å²) < 4.78 is 31.3. The zero-order valence-electron chi connectivity index (χ0n) is 13.3. The van der Waals surface area contributed by atoms with Crippen molar-refractivity contribution in [2.75, 3.05) is 13.7 Å². The highest BCUT2D eigenvalue weighted by atomic mass is 32.2. The first-order valence-corrected chi connectivity index (χ1v) is 9.09. The van der Waals surface area contributed by atoms with Crippen LogP contribution in [0.4, 0.5) is 4.79 Å². The molecule has 1 aromatic rings. The van der Waals surface area contributed by atoms with E-state index in [1.54, 1.807) is 12.1 Å². The molecule has 2 amide bonds. The molecule has 23 heavy (non-hydrogen) atoms. The SMILES string of the molecule is CNS(=O)(=O)c1cccc(CNC(=O)N[C@@H](C)[C@@H]2CCCO2)c1. The zero-order chi connectivity index (χ0) is 16.9. The molecule has 1 saturated heterocycles. The van der Waals surface area contributed by atoms with Crippen LogP contribution >= 0.6 is 0 Å². The summed E-state index contributed by atoms with van der Waals surface area (Å²) >= 11 is 0. The van der Waals surface area contributed by atoms with Gasteiger partial charge < -0.3 is 15.4 Å². The predicted molar refractivity (Wildman–Crippen MR) is 86.5 cm³/mol. The molecule has 2 rings (SSSR count). The number of rotatable bonds is 6. The van der Waals surface area contributed by atoms with Gasteiger partial charge in [0, 0.05) is 13.2 Å². The second-order valence-electron chi connectivity index (χ2n) is 5.52. The lowest BCUT2D eigenvalue weighted by Gasteiger charge is -2.20. The van der Waals surface area contributed by atoms with Crippen LogP contribution in [0.15, 0.2) is 29.2 Å². The van der Waals surface area contributed by atoms with Crippen LogP contribution in [0.25, 0.3) is 0 Å². The van der Waals surface area contributed by atoms with Crippen molar-refractivity contribution in [3.8, 4) is 0 Å². The number of sulfonamides is 1. The molecule has 3 N–H and O–H groups in total. The molecule has 0 aromatic heterocycles. The maximum absolute atomic E-state index is 11.9. The summed E-state index contributed by atoms with van der Waals surface area (Å²) in [5.74, 6) is 0. The Balaban J connectivity index is 1.88. The summed E-state index contributed by atoms with van der Waals surface area (Å²) in [5.41, 5.74) is 0.709. The van der Waals surface area contributed by atoms with E-state index in [-0.39, 0.29) is 29.6 Å². The number of benzene rings is 1. The highest BCUT2D eigenvalue weighted by Gasteiger charge is 2.23. The normalized spacial score (nSPS) is 19.3. The lowest BCUT2D eigenvalue weighted by Crippen LogP contribution is -2.45. The fourth-order valence-electron chi connectivity index (χ4n) is 2.47. The standard InChI is InChI=1S/C15H23N3O4S/c1-11(14-7-4-8-22-14)18-15(19)17-10-12-5-3-6-13(9-12)23(20,21)16-2/h3,5-6,9,11,14,16H,4,7-8,10H2,1-2H3,(H2,17,18,19)/t11-,14-/m0/s1. The van der Waals surface area contributed by atoms with Crippen molar-refractivity contribution in [3.05, 3.63) is 29.8 Å². The maximum atomic E-state index is 11.9. The number of ether oxygens (including phenoxy) is 1. The Morgan fingerprint density at radius 3 is 2.87 bits per heavy atom. The van der Waals surface area contributed by atoms with Crippen molar-refractivity contribution in [1.82, 2.24) is 15.4 Å². The molecule has 0 saturated carbocycles. The van der Waals surface area contributed by atoms with Crippen LogP contribution in [0.3, 0.4) is 0 Å². The highest BCUT2D eigenvalue weighted by molar-refractivity contribution is 7.89. The van der Waals surface area contributed by atoms with Gasteiger partial charge in [-0.1, -0.05) is 12.1 Å². The third kappa shape index (κ3) is 4.92. The van der Waals surface area contributed by atoms with Gasteiger partial charge >= 0.3 is 6.03 Å². The monoisotopic (exact) mass is 341 g/mol. The molecule has 1 aliphatic heterocycles. The summed E-state index contributed by atoms with van der Waals surface area (Å²) in [6, 6.07) is 6.10. The molecule has 8 heteroatoms. The van der Waals surface area contributed by atoms with Gasteiger partial charge in [-0.2, -0.15) is 0 Å². The average Bonchev–Trinajstić information content (AvgIpc) is 3.08. The van der Waals surface area contributed by atoms with Gasteiger partial charge in [-0.25, -0.2) is 17.9 Å². The first-order chi connectivity index (χ1) is 10.9. The van der Waals surface area contributed by atoms with E-state index in [2.05, 4.69) is 15.4 Å². The molecule has 128 valence electrons. The first kappa shape index (κ1) is 17.7. The van der Waals surface area contributed by atoms with Crippen molar-refractivity contribution < 1.29 is 17.9 Å². The molecule has 1 fully saturated rings. The molecule has 1 aromatic carbocycles. The molecule has 7 nitrogen and oxygen atoms in total. The third-order valence-electron chi connectivity index (χ3n) is 3.81.